The normalized spacial score (nSPS) is 9.92. The average Bonchev–Trinajstić information content (AvgIpc) is 2.66. The summed E-state index contributed by atoms with van der Waals surface area (Å²) in [7, 11) is 0. The lowest BCUT2D eigenvalue weighted by molar-refractivity contribution is -0.387. The molecule has 26 heavy (non-hydrogen) atoms. The number of hydrogen-bond acceptors (Lipinski definition) is 4. The molecule has 0 aromatic heterocycles. The molecule has 0 aliphatic heterocycles. The summed E-state index contributed by atoms with van der Waals surface area (Å²) in [4.78, 5) is 9.96. The van der Waals surface area contributed by atoms with Crippen molar-refractivity contribution in [2.24, 2.45) is 0 Å². The molecular formula is C20H18ClNO3S. The van der Waals surface area contributed by atoms with Crippen molar-refractivity contribution in [3.8, 4) is 0 Å². The summed E-state index contributed by atoms with van der Waals surface area (Å²) in [5.41, 5.74) is 2.36. The van der Waals surface area contributed by atoms with Crippen LogP contribution < -0.4 is 0 Å². The van der Waals surface area contributed by atoms with Crippen LogP contribution >= 0.6 is 24.2 Å². The molecule has 0 radical (unpaired) electrons. The van der Waals surface area contributed by atoms with E-state index in [1.165, 1.54) is 23.3 Å². The van der Waals surface area contributed by atoms with Crippen molar-refractivity contribution in [1.29, 1.82) is 0 Å². The van der Waals surface area contributed by atoms with Crippen molar-refractivity contribution in [1.82, 2.24) is 0 Å². The Hall–Kier alpha value is -2.34. The molecule has 3 rings (SSSR count). The first kappa shape index (κ1) is 20.0. The third-order valence-corrected chi connectivity index (χ3v) is 4.30. The fourth-order valence-corrected chi connectivity index (χ4v) is 2.49. The monoisotopic (exact) mass is 387 g/mol. The highest BCUT2D eigenvalue weighted by molar-refractivity contribution is 7.80. The lowest BCUT2D eigenvalue weighted by Crippen LogP contribution is -1.93. The molecule has 0 saturated heterocycles. The molecule has 0 heterocycles. The van der Waals surface area contributed by atoms with Crippen LogP contribution in [0.15, 0.2) is 83.8 Å². The second-order valence-electron chi connectivity index (χ2n) is 5.33. The van der Waals surface area contributed by atoms with E-state index in [2.05, 4.69) is 36.9 Å². The summed E-state index contributed by atoms with van der Waals surface area (Å²) in [6.45, 7) is 1.35. The van der Waals surface area contributed by atoms with Gasteiger partial charge in [0.05, 0.1) is 23.2 Å². The molecule has 6 heteroatoms. The molecular weight excluding hydrogens is 370 g/mol. The number of nitrogens with zero attached hydrogens (tertiary/aromatic N) is 1. The standard InChI is InChI=1S/C14H14O.C6H4ClNO2S/c1-3-7-13(8-4-1)11-15-12-14-9-5-2-6-10-14;7-4-2-1-3-5(6(4)11)8(9)10/h1-10H,11-12H2;1-3,11H. The fourth-order valence-electron chi connectivity index (χ4n) is 2.09. The molecule has 3 aromatic carbocycles. The Morgan fingerprint density at radius 2 is 1.35 bits per heavy atom. The highest BCUT2D eigenvalue weighted by atomic mass is 35.5. The number of thiol groups is 1. The molecule has 3 aromatic rings. The second kappa shape index (κ2) is 10.6. The highest BCUT2D eigenvalue weighted by Gasteiger charge is 2.11. The Morgan fingerprint density at radius 3 is 1.77 bits per heavy atom. The van der Waals surface area contributed by atoms with Gasteiger partial charge >= 0.3 is 0 Å². The zero-order chi connectivity index (χ0) is 18.8. The first-order valence-corrected chi connectivity index (χ1v) is 8.68. The zero-order valence-corrected chi connectivity index (χ0v) is 15.6. The molecule has 0 N–H and O–H groups in total. The number of ether oxygens (including phenoxy) is 1. The van der Waals surface area contributed by atoms with Gasteiger partial charge in [-0.3, -0.25) is 10.1 Å². The number of halogens is 1. The molecule has 0 bridgehead atoms. The van der Waals surface area contributed by atoms with Crippen LogP contribution in [-0.2, 0) is 18.0 Å². The van der Waals surface area contributed by atoms with E-state index in [9.17, 15) is 10.1 Å². The Labute approximate surface area is 163 Å². The minimum absolute atomic E-state index is 0.0687. The topological polar surface area (TPSA) is 52.4 Å². The molecule has 0 amide bonds. The molecule has 0 spiro atoms. The highest BCUT2D eigenvalue weighted by Crippen LogP contribution is 2.28. The van der Waals surface area contributed by atoms with Gasteiger partial charge in [-0.05, 0) is 17.2 Å². The molecule has 0 aliphatic carbocycles. The van der Waals surface area contributed by atoms with Crippen LogP contribution in [0.1, 0.15) is 11.1 Å². The Bertz CT molecular complexity index is 789. The summed E-state index contributed by atoms with van der Waals surface area (Å²) in [6, 6.07) is 24.9. The number of nitro groups is 1. The number of benzene rings is 3. The largest absolute Gasteiger partial charge is 0.372 e. The predicted molar refractivity (Wildman–Crippen MR) is 107 cm³/mol. The van der Waals surface area contributed by atoms with Crippen LogP contribution in [0, 0.1) is 10.1 Å². The van der Waals surface area contributed by atoms with Crippen LogP contribution in [0.2, 0.25) is 5.02 Å². The van der Waals surface area contributed by atoms with Gasteiger partial charge < -0.3 is 4.74 Å². The van der Waals surface area contributed by atoms with Crippen molar-refractivity contribution < 1.29 is 9.66 Å². The smallest absolute Gasteiger partial charge is 0.284 e. The van der Waals surface area contributed by atoms with E-state index >= 15 is 0 Å². The van der Waals surface area contributed by atoms with E-state index in [0.29, 0.717) is 18.2 Å². The maximum Gasteiger partial charge on any atom is 0.284 e. The van der Waals surface area contributed by atoms with Gasteiger partial charge in [-0.15, -0.1) is 12.6 Å². The minimum atomic E-state index is -0.520. The average molecular weight is 388 g/mol. The van der Waals surface area contributed by atoms with Crippen molar-refractivity contribution in [2.75, 3.05) is 0 Å². The van der Waals surface area contributed by atoms with Gasteiger partial charge in [0.25, 0.3) is 5.69 Å². The Morgan fingerprint density at radius 1 is 0.846 bits per heavy atom. The van der Waals surface area contributed by atoms with E-state index in [1.807, 2.05) is 36.4 Å². The lowest BCUT2D eigenvalue weighted by Gasteiger charge is -2.03. The third kappa shape index (κ3) is 6.52. The Kier molecular flexibility index (Phi) is 8.15. The molecule has 0 aliphatic rings. The maximum atomic E-state index is 10.3. The van der Waals surface area contributed by atoms with E-state index in [-0.39, 0.29) is 10.6 Å². The summed E-state index contributed by atoms with van der Waals surface area (Å²) in [6.07, 6.45) is 0. The first-order chi connectivity index (χ1) is 12.6. The van der Waals surface area contributed by atoms with E-state index in [0.717, 1.165) is 0 Å². The first-order valence-electron chi connectivity index (χ1n) is 7.85. The number of rotatable bonds is 5. The maximum absolute atomic E-state index is 10.3. The van der Waals surface area contributed by atoms with Gasteiger partial charge in [0.15, 0.2) is 0 Å². The minimum Gasteiger partial charge on any atom is -0.372 e. The zero-order valence-electron chi connectivity index (χ0n) is 13.9. The van der Waals surface area contributed by atoms with E-state index < -0.39 is 4.92 Å². The summed E-state index contributed by atoms with van der Waals surface area (Å²) >= 11 is 9.45. The molecule has 0 unspecified atom stereocenters. The van der Waals surface area contributed by atoms with Crippen LogP contribution in [-0.4, -0.2) is 4.92 Å². The lowest BCUT2D eigenvalue weighted by atomic mass is 10.2. The molecule has 4 nitrogen and oxygen atoms in total. The second-order valence-corrected chi connectivity index (χ2v) is 6.18. The van der Waals surface area contributed by atoms with Crippen molar-refractivity contribution in [3.05, 3.63) is 105 Å². The molecule has 0 saturated carbocycles. The van der Waals surface area contributed by atoms with Crippen LogP contribution in [0.4, 0.5) is 5.69 Å². The molecule has 0 atom stereocenters. The molecule has 0 fully saturated rings. The van der Waals surface area contributed by atoms with Gasteiger partial charge in [-0.2, -0.15) is 0 Å². The molecule has 134 valence electrons. The van der Waals surface area contributed by atoms with Gasteiger partial charge in [-0.1, -0.05) is 78.3 Å². The van der Waals surface area contributed by atoms with Gasteiger partial charge in [-0.25, -0.2) is 0 Å². The summed E-state index contributed by atoms with van der Waals surface area (Å²) in [5.74, 6) is 0. The third-order valence-electron chi connectivity index (χ3n) is 3.39. The van der Waals surface area contributed by atoms with E-state index in [4.69, 9.17) is 16.3 Å². The van der Waals surface area contributed by atoms with Crippen molar-refractivity contribution in [3.63, 3.8) is 0 Å². The van der Waals surface area contributed by atoms with E-state index in [1.54, 1.807) is 6.07 Å². The van der Waals surface area contributed by atoms with Crippen LogP contribution in [0.25, 0.3) is 0 Å². The van der Waals surface area contributed by atoms with Gasteiger partial charge in [0.1, 0.15) is 4.90 Å². The SMILES string of the molecule is O=[N+]([O-])c1cccc(Cl)c1S.c1ccc(COCc2ccccc2)cc1. The Balaban J connectivity index is 0.000000197. The number of nitro benzene ring substituents is 1. The van der Waals surface area contributed by atoms with Crippen molar-refractivity contribution >= 4 is 29.9 Å². The summed E-state index contributed by atoms with van der Waals surface area (Å²) in [5, 5.41) is 10.6. The van der Waals surface area contributed by atoms with Gasteiger partial charge in [0.2, 0.25) is 0 Å². The fraction of sp³-hybridized carbons (Fsp3) is 0.100. The van der Waals surface area contributed by atoms with Crippen LogP contribution in [0.3, 0.4) is 0 Å². The number of hydrogen-bond donors (Lipinski definition) is 1. The van der Waals surface area contributed by atoms with Crippen LogP contribution in [0.5, 0.6) is 0 Å². The summed E-state index contributed by atoms with van der Waals surface area (Å²) < 4.78 is 5.61. The van der Waals surface area contributed by atoms with Gasteiger partial charge in [0, 0.05) is 6.07 Å². The quantitative estimate of drug-likeness (QED) is 0.335. The predicted octanol–water partition coefficient (Wildman–Crippen LogP) is 5.94. The van der Waals surface area contributed by atoms with Crippen molar-refractivity contribution in [2.45, 2.75) is 18.1 Å².